The van der Waals surface area contributed by atoms with Gasteiger partial charge in [-0.25, -0.2) is 8.42 Å². The van der Waals surface area contributed by atoms with Gasteiger partial charge in [-0.1, -0.05) is 12.1 Å². The molecule has 20 heavy (non-hydrogen) atoms. The molecule has 0 saturated heterocycles. The van der Waals surface area contributed by atoms with E-state index >= 15 is 0 Å². The maximum Gasteiger partial charge on any atom is 0.154 e. The highest BCUT2D eigenvalue weighted by Gasteiger charge is 2.21. The van der Waals surface area contributed by atoms with Gasteiger partial charge in [0.2, 0.25) is 0 Å². The van der Waals surface area contributed by atoms with Crippen molar-refractivity contribution < 1.29 is 8.42 Å². The van der Waals surface area contributed by atoms with Crippen molar-refractivity contribution >= 4 is 15.5 Å². The Labute approximate surface area is 121 Å². The number of benzene rings is 1. The fourth-order valence-electron chi connectivity index (χ4n) is 2.56. The first kappa shape index (κ1) is 15.3. The average molecular weight is 296 g/mol. The number of hydrogen-bond acceptors (Lipinski definition) is 4. The van der Waals surface area contributed by atoms with Crippen molar-refractivity contribution in [3.63, 3.8) is 0 Å². The fourth-order valence-corrected chi connectivity index (χ4v) is 3.51. The first-order chi connectivity index (χ1) is 9.44. The van der Waals surface area contributed by atoms with Crippen molar-refractivity contribution in [2.75, 3.05) is 23.7 Å². The van der Waals surface area contributed by atoms with Gasteiger partial charge >= 0.3 is 0 Å². The van der Waals surface area contributed by atoms with Crippen LogP contribution in [0.15, 0.2) is 18.2 Å². The molecule has 0 aromatic heterocycles. The monoisotopic (exact) mass is 296 g/mol. The summed E-state index contributed by atoms with van der Waals surface area (Å²) in [4.78, 5) is 2.19. The van der Waals surface area contributed by atoms with Crippen molar-refractivity contribution in [3.8, 4) is 0 Å². The van der Waals surface area contributed by atoms with Crippen LogP contribution in [0, 0.1) is 0 Å². The lowest BCUT2D eigenvalue weighted by Gasteiger charge is -2.31. The number of aryl methyl sites for hydroxylation is 1. The van der Waals surface area contributed by atoms with Gasteiger partial charge in [-0.3, -0.25) is 0 Å². The Bertz CT molecular complexity index is 567. The molecule has 1 heterocycles. The molecular weight excluding hydrogens is 272 g/mol. The Balaban J connectivity index is 2.13. The molecular formula is C15H24N2O2S. The molecule has 0 amide bonds. The molecule has 1 aliphatic heterocycles. The maximum atomic E-state index is 11.9. The van der Waals surface area contributed by atoms with Crippen molar-refractivity contribution in [2.24, 2.45) is 5.73 Å². The van der Waals surface area contributed by atoms with E-state index in [0.717, 1.165) is 24.9 Å². The molecule has 0 fully saturated rings. The first-order valence-corrected chi connectivity index (χ1v) is 8.94. The van der Waals surface area contributed by atoms with Gasteiger partial charge in [-0.2, -0.15) is 0 Å². The van der Waals surface area contributed by atoms with Gasteiger partial charge in [0.25, 0.3) is 0 Å². The van der Waals surface area contributed by atoms with Crippen LogP contribution < -0.4 is 10.6 Å². The predicted molar refractivity (Wildman–Crippen MR) is 83.8 cm³/mol. The second kappa shape index (κ2) is 6.14. The van der Waals surface area contributed by atoms with Crippen LogP contribution in [0.3, 0.4) is 0 Å². The van der Waals surface area contributed by atoms with E-state index in [4.69, 9.17) is 5.73 Å². The zero-order valence-electron chi connectivity index (χ0n) is 12.3. The van der Waals surface area contributed by atoms with Gasteiger partial charge in [0, 0.05) is 25.3 Å². The molecule has 0 bridgehead atoms. The molecule has 0 spiro atoms. The largest absolute Gasteiger partial charge is 0.370 e. The summed E-state index contributed by atoms with van der Waals surface area (Å²) >= 11 is 0. The summed E-state index contributed by atoms with van der Waals surface area (Å²) in [5.41, 5.74) is 9.28. The van der Waals surface area contributed by atoms with E-state index in [-0.39, 0.29) is 11.0 Å². The van der Waals surface area contributed by atoms with Crippen LogP contribution in [0.25, 0.3) is 0 Å². The number of rotatable bonds is 5. The lowest BCUT2D eigenvalue weighted by molar-refractivity contribution is 0.584. The molecule has 2 rings (SSSR count). The third kappa shape index (κ3) is 3.33. The summed E-state index contributed by atoms with van der Waals surface area (Å²) in [5.74, 6) is 0.225. The minimum absolute atomic E-state index is 0.225. The summed E-state index contributed by atoms with van der Waals surface area (Å²) in [6.45, 7) is 5.55. The Kier molecular flexibility index (Phi) is 4.70. The highest BCUT2D eigenvalue weighted by molar-refractivity contribution is 7.92. The number of nitrogens with zero attached hydrogens (tertiary/aromatic N) is 1. The van der Waals surface area contributed by atoms with Crippen molar-refractivity contribution in [1.29, 1.82) is 0 Å². The quantitative estimate of drug-likeness (QED) is 0.898. The molecule has 0 radical (unpaired) electrons. The van der Waals surface area contributed by atoms with Gasteiger partial charge in [-0.15, -0.1) is 0 Å². The number of fused-ring (bicyclic) bond motifs is 1. The Hall–Kier alpha value is -1.07. The second-order valence-corrected chi connectivity index (χ2v) is 8.35. The van der Waals surface area contributed by atoms with E-state index in [1.165, 1.54) is 11.3 Å². The minimum Gasteiger partial charge on any atom is -0.370 e. The summed E-state index contributed by atoms with van der Waals surface area (Å²) in [6, 6.07) is 6.27. The van der Waals surface area contributed by atoms with Crippen LogP contribution in [-0.4, -0.2) is 32.5 Å². The highest BCUT2D eigenvalue weighted by atomic mass is 32.2. The van der Waals surface area contributed by atoms with E-state index in [1.807, 2.05) is 6.07 Å². The zero-order valence-corrected chi connectivity index (χ0v) is 13.1. The lowest BCUT2D eigenvalue weighted by atomic mass is 9.99. The maximum absolute atomic E-state index is 11.9. The molecule has 0 atom stereocenters. The molecule has 1 aromatic carbocycles. The normalized spacial score (nSPS) is 15.5. The number of anilines is 1. The smallest absolute Gasteiger partial charge is 0.154 e. The third-order valence-corrected chi connectivity index (χ3v) is 6.15. The number of hydrogen-bond donors (Lipinski definition) is 1. The molecule has 0 saturated carbocycles. The minimum atomic E-state index is -2.97. The fraction of sp³-hybridized carbons (Fsp3) is 0.600. The Morgan fingerprint density at radius 2 is 2.10 bits per heavy atom. The molecule has 5 heteroatoms. The van der Waals surface area contributed by atoms with Crippen LogP contribution in [-0.2, 0) is 22.8 Å². The average Bonchev–Trinajstić information content (AvgIpc) is 2.44. The van der Waals surface area contributed by atoms with E-state index in [0.29, 0.717) is 13.1 Å². The van der Waals surface area contributed by atoms with Crippen LogP contribution in [0.1, 0.15) is 31.4 Å². The third-order valence-electron chi connectivity index (χ3n) is 3.96. The number of sulfone groups is 1. The van der Waals surface area contributed by atoms with Crippen LogP contribution in [0.4, 0.5) is 5.69 Å². The molecule has 4 nitrogen and oxygen atoms in total. The van der Waals surface area contributed by atoms with Crippen LogP contribution in [0.2, 0.25) is 0 Å². The molecule has 112 valence electrons. The SMILES string of the molecule is CC(C)S(=O)(=O)CCN1CCCc2cc(CN)ccc21. The van der Waals surface area contributed by atoms with E-state index in [9.17, 15) is 8.42 Å². The first-order valence-electron chi connectivity index (χ1n) is 7.22. The summed E-state index contributed by atoms with van der Waals surface area (Å²) < 4.78 is 23.9. The van der Waals surface area contributed by atoms with E-state index < -0.39 is 9.84 Å². The molecule has 1 aliphatic rings. The van der Waals surface area contributed by atoms with Crippen molar-refractivity contribution in [2.45, 2.75) is 38.5 Å². The van der Waals surface area contributed by atoms with Gasteiger partial charge < -0.3 is 10.6 Å². The summed E-state index contributed by atoms with van der Waals surface area (Å²) in [5, 5.41) is -0.300. The molecule has 0 unspecified atom stereocenters. The summed E-state index contributed by atoms with van der Waals surface area (Å²) in [6.07, 6.45) is 2.12. The summed E-state index contributed by atoms with van der Waals surface area (Å²) in [7, 11) is -2.97. The standard InChI is InChI=1S/C15H24N2O2S/c1-12(2)20(18,19)9-8-17-7-3-4-14-10-13(11-16)5-6-15(14)17/h5-6,10,12H,3-4,7-9,11,16H2,1-2H3. The van der Waals surface area contributed by atoms with Gasteiger partial charge in [0.05, 0.1) is 11.0 Å². The molecule has 2 N–H and O–H groups in total. The number of nitrogens with two attached hydrogens (primary N) is 1. The predicted octanol–water partition coefficient (Wildman–Crippen LogP) is 1.72. The lowest BCUT2D eigenvalue weighted by Crippen LogP contribution is -2.35. The molecule has 1 aromatic rings. The Morgan fingerprint density at radius 1 is 1.35 bits per heavy atom. The van der Waals surface area contributed by atoms with Crippen molar-refractivity contribution in [3.05, 3.63) is 29.3 Å². The van der Waals surface area contributed by atoms with Gasteiger partial charge in [0.15, 0.2) is 9.84 Å². The van der Waals surface area contributed by atoms with Gasteiger partial charge in [-0.05, 0) is 43.9 Å². The van der Waals surface area contributed by atoms with Gasteiger partial charge in [0.1, 0.15) is 0 Å². The van der Waals surface area contributed by atoms with Crippen molar-refractivity contribution in [1.82, 2.24) is 0 Å². The Morgan fingerprint density at radius 3 is 2.75 bits per heavy atom. The molecule has 0 aliphatic carbocycles. The van der Waals surface area contributed by atoms with E-state index in [1.54, 1.807) is 13.8 Å². The second-order valence-electron chi connectivity index (χ2n) is 5.67. The van der Waals surface area contributed by atoms with E-state index in [2.05, 4.69) is 17.0 Å². The topological polar surface area (TPSA) is 63.4 Å². The zero-order chi connectivity index (χ0) is 14.8. The van der Waals surface area contributed by atoms with Crippen LogP contribution >= 0.6 is 0 Å². The highest BCUT2D eigenvalue weighted by Crippen LogP contribution is 2.28. The van der Waals surface area contributed by atoms with Crippen LogP contribution in [0.5, 0.6) is 0 Å².